The predicted octanol–water partition coefficient (Wildman–Crippen LogP) is 4.96. The highest BCUT2D eigenvalue weighted by Crippen LogP contribution is 2.27. The molecular formula is C22H29N3O2. The number of hydrogen-bond donors (Lipinski definition) is 2. The number of anilines is 1. The van der Waals surface area contributed by atoms with Gasteiger partial charge in [-0.3, -0.25) is 4.79 Å². The minimum Gasteiger partial charge on any atom is -0.508 e. The second-order valence-corrected chi connectivity index (χ2v) is 7.95. The van der Waals surface area contributed by atoms with Crippen LogP contribution in [0.25, 0.3) is 11.3 Å². The normalized spacial score (nSPS) is 15.1. The number of amides is 1. The van der Waals surface area contributed by atoms with E-state index in [1.54, 1.807) is 18.3 Å². The first-order chi connectivity index (χ1) is 13.0. The molecule has 1 saturated carbocycles. The number of phenols is 1. The highest BCUT2D eigenvalue weighted by molar-refractivity contribution is 5.90. The molecule has 27 heavy (non-hydrogen) atoms. The summed E-state index contributed by atoms with van der Waals surface area (Å²) in [6, 6.07) is 6.91. The number of aromatic nitrogens is 2. The molecule has 5 heteroatoms. The van der Waals surface area contributed by atoms with E-state index in [4.69, 9.17) is 4.98 Å². The van der Waals surface area contributed by atoms with Gasteiger partial charge in [-0.1, -0.05) is 33.1 Å². The Kier molecular flexibility index (Phi) is 6.43. The van der Waals surface area contributed by atoms with Crippen LogP contribution in [0.1, 0.15) is 58.1 Å². The van der Waals surface area contributed by atoms with Crippen molar-refractivity contribution in [2.45, 2.75) is 58.8 Å². The number of nitrogens with one attached hydrogen (secondary N) is 1. The quantitative estimate of drug-likeness (QED) is 0.757. The Labute approximate surface area is 161 Å². The summed E-state index contributed by atoms with van der Waals surface area (Å²) in [4.78, 5) is 21.8. The summed E-state index contributed by atoms with van der Waals surface area (Å²) in [6.07, 6.45) is 9.07. The zero-order valence-electron chi connectivity index (χ0n) is 16.2. The van der Waals surface area contributed by atoms with Gasteiger partial charge in [0.15, 0.2) is 5.82 Å². The largest absolute Gasteiger partial charge is 0.508 e. The molecule has 1 heterocycles. The molecule has 5 nitrogen and oxygen atoms in total. The van der Waals surface area contributed by atoms with Crippen LogP contribution >= 0.6 is 0 Å². The topological polar surface area (TPSA) is 75.1 Å². The van der Waals surface area contributed by atoms with Gasteiger partial charge in [0, 0.05) is 12.0 Å². The molecule has 1 fully saturated rings. The molecule has 1 aromatic carbocycles. The van der Waals surface area contributed by atoms with Crippen molar-refractivity contribution in [1.29, 1.82) is 0 Å². The Bertz CT molecular complexity index is 766. The Hall–Kier alpha value is -2.43. The van der Waals surface area contributed by atoms with Crippen LogP contribution in [0.2, 0.25) is 0 Å². The van der Waals surface area contributed by atoms with Crippen molar-refractivity contribution in [1.82, 2.24) is 9.97 Å². The van der Waals surface area contributed by atoms with Crippen molar-refractivity contribution in [3.8, 4) is 17.0 Å². The van der Waals surface area contributed by atoms with Crippen molar-refractivity contribution < 1.29 is 9.90 Å². The SMILES string of the molecule is CC(C)Cc1nc(-c2ccc(O)cc2)cnc1NC(=O)CC1CCCCC1. The highest BCUT2D eigenvalue weighted by Gasteiger charge is 2.19. The lowest BCUT2D eigenvalue weighted by molar-refractivity contribution is -0.117. The van der Waals surface area contributed by atoms with Crippen LogP contribution in [0.3, 0.4) is 0 Å². The number of benzene rings is 1. The van der Waals surface area contributed by atoms with Gasteiger partial charge in [0.05, 0.1) is 17.6 Å². The standard InChI is InChI=1S/C22H29N3O2/c1-15(2)12-19-22(25-21(27)13-16-6-4-3-5-7-16)23-14-20(24-19)17-8-10-18(26)11-9-17/h8-11,14-16,26H,3-7,12-13H2,1-2H3,(H,23,25,27). The molecule has 0 atom stereocenters. The summed E-state index contributed by atoms with van der Waals surface area (Å²) in [5.41, 5.74) is 2.45. The van der Waals surface area contributed by atoms with Crippen LogP contribution in [-0.4, -0.2) is 21.0 Å². The molecule has 0 saturated heterocycles. The van der Waals surface area contributed by atoms with Crippen molar-refractivity contribution in [2.24, 2.45) is 11.8 Å². The molecule has 1 aliphatic carbocycles. The molecular weight excluding hydrogens is 338 g/mol. The molecule has 0 bridgehead atoms. The number of carbonyl (C=O) groups excluding carboxylic acids is 1. The minimum absolute atomic E-state index is 0.0404. The van der Waals surface area contributed by atoms with E-state index < -0.39 is 0 Å². The first-order valence-corrected chi connectivity index (χ1v) is 9.96. The van der Waals surface area contributed by atoms with Gasteiger partial charge in [-0.15, -0.1) is 0 Å². The Balaban J connectivity index is 1.76. The molecule has 0 unspecified atom stereocenters. The van der Waals surface area contributed by atoms with E-state index in [9.17, 15) is 9.90 Å². The fourth-order valence-electron chi connectivity index (χ4n) is 3.67. The van der Waals surface area contributed by atoms with Crippen molar-refractivity contribution in [3.63, 3.8) is 0 Å². The lowest BCUT2D eigenvalue weighted by Crippen LogP contribution is -2.20. The number of aromatic hydroxyl groups is 1. The molecule has 2 aromatic rings. The average molecular weight is 367 g/mol. The van der Waals surface area contributed by atoms with Crippen LogP contribution in [-0.2, 0) is 11.2 Å². The summed E-state index contributed by atoms with van der Waals surface area (Å²) in [5.74, 6) is 1.74. The molecule has 1 amide bonds. The average Bonchev–Trinajstić information content (AvgIpc) is 2.64. The summed E-state index contributed by atoms with van der Waals surface area (Å²) >= 11 is 0. The lowest BCUT2D eigenvalue weighted by Gasteiger charge is -2.21. The molecule has 1 aromatic heterocycles. The van der Waals surface area contributed by atoms with Gasteiger partial charge in [-0.2, -0.15) is 0 Å². The monoisotopic (exact) mass is 367 g/mol. The molecule has 2 N–H and O–H groups in total. The van der Waals surface area contributed by atoms with Gasteiger partial charge in [0.1, 0.15) is 5.75 Å². The van der Waals surface area contributed by atoms with E-state index in [1.807, 2.05) is 12.1 Å². The maximum Gasteiger partial charge on any atom is 0.225 e. The van der Waals surface area contributed by atoms with Crippen LogP contribution in [0.15, 0.2) is 30.5 Å². The van der Waals surface area contributed by atoms with Crippen LogP contribution in [0, 0.1) is 11.8 Å². The van der Waals surface area contributed by atoms with Gasteiger partial charge in [0.2, 0.25) is 5.91 Å². The second kappa shape index (κ2) is 8.98. The zero-order valence-corrected chi connectivity index (χ0v) is 16.2. The van der Waals surface area contributed by atoms with Crippen molar-refractivity contribution in [3.05, 3.63) is 36.2 Å². The predicted molar refractivity (Wildman–Crippen MR) is 107 cm³/mol. The van der Waals surface area contributed by atoms with Crippen LogP contribution < -0.4 is 5.32 Å². The van der Waals surface area contributed by atoms with Gasteiger partial charge >= 0.3 is 0 Å². The van der Waals surface area contributed by atoms with E-state index in [1.165, 1.54) is 19.3 Å². The minimum atomic E-state index is 0.0404. The first-order valence-electron chi connectivity index (χ1n) is 9.96. The fourth-order valence-corrected chi connectivity index (χ4v) is 3.67. The van der Waals surface area contributed by atoms with Crippen molar-refractivity contribution >= 4 is 11.7 Å². The van der Waals surface area contributed by atoms with E-state index in [0.717, 1.165) is 36.2 Å². The maximum atomic E-state index is 12.5. The third-order valence-electron chi connectivity index (χ3n) is 5.07. The van der Waals surface area contributed by atoms with Gasteiger partial charge in [-0.25, -0.2) is 9.97 Å². The van der Waals surface area contributed by atoms with Crippen LogP contribution in [0.4, 0.5) is 5.82 Å². The smallest absolute Gasteiger partial charge is 0.225 e. The summed E-state index contributed by atoms with van der Waals surface area (Å²) < 4.78 is 0. The van der Waals surface area contributed by atoms with Crippen molar-refractivity contribution in [2.75, 3.05) is 5.32 Å². The number of carbonyl (C=O) groups is 1. The second-order valence-electron chi connectivity index (χ2n) is 7.95. The van der Waals surface area contributed by atoms with Gasteiger partial charge in [0.25, 0.3) is 0 Å². The molecule has 0 radical (unpaired) electrons. The number of phenolic OH excluding ortho intramolecular Hbond substituents is 1. The van der Waals surface area contributed by atoms with E-state index >= 15 is 0 Å². The van der Waals surface area contributed by atoms with Crippen LogP contribution in [0.5, 0.6) is 5.75 Å². The summed E-state index contributed by atoms with van der Waals surface area (Å²) in [5, 5.41) is 12.5. The number of rotatable bonds is 6. The third-order valence-corrected chi connectivity index (χ3v) is 5.07. The van der Waals surface area contributed by atoms with E-state index in [-0.39, 0.29) is 11.7 Å². The number of nitrogens with zero attached hydrogens (tertiary/aromatic N) is 2. The molecule has 0 aliphatic heterocycles. The highest BCUT2D eigenvalue weighted by atomic mass is 16.3. The molecule has 144 valence electrons. The summed E-state index contributed by atoms with van der Waals surface area (Å²) in [7, 11) is 0. The van der Waals surface area contributed by atoms with Gasteiger partial charge in [-0.05, 0) is 55.4 Å². The Morgan fingerprint density at radius 3 is 2.56 bits per heavy atom. The fraction of sp³-hybridized carbons (Fsp3) is 0.500. The molecule has 1 aliphatic rings. The molecule has 0 spiro atoms. The summed E-state index contributed by atoms with van der Waals surface area (Å²) in [6.45, 7) is 4.26. The zero-order chi connectivity index (χ0) is 19.2. The third kappa shape index (κ3) is 5.52. The first kappa shape index (κ1) is 19.3. The van der Waals surface area contributed by atoms with E-state index in [0.29, 0.717) is 24.1 Å². The lowest BCUT2D eigenvalue weighted by atomic mass is 9.87. The Morgan fingerprint density at radius 1 is 1.19 bits per heavy atom. The van der Waals surface area contributed by atoms with Gasteiger partial charge < -0.3 is 10.4 Å². The Morgan fingerprint density at radius 2 is 1.89 bits per heavy atom. The van der Waals surface area contributed by atoms with E-state index in [2.05, 4.69) is 24.1 Å². The maximum absolute atomic E-state index is 12.5. The number of hydrogen-bond acceptors (Lipinski definition) is 4. The molecule has 3 rings (SSSR count).